The smallest absolute Gasteiger partial charge is 0.343 e. The SMILES string of the molecule is O=C(Oc1ccc(Cl)cc1/C=N/NC(=O)C(O)(c1ccccc1)c1ccccc1)c1ccc([N+](=O)[O-])cc1. The fourth-order valence-electron chi connectivity index (χ4n) is 3.62. The Balaban J connectivity index is 1.56. The van der Waals surface area contributed by atoms with Gasteiger partial charge in [0.1, 0.15) is 5.75 Å². The quantitative estimate of drug-likeness (QED) is 0.110. The van der Waals surface area contributed by atoms with Crippen LogP contribution in [0, 0.1) is 10.1 Å². The number of halogens is 1. The summed E-state index contributed by atoms with van der Waals surface area (Å²) >= 11 is 6.10. The first-order chi connectivity index (χ1) is 18.3. The van der Waals surface area contributed by atoms with Gasteiger partial charge in [0.05, 0.1) is 16.7 Å². The van der Waals surface area contributed by atoms with Gasteiger partial charge in [0.2, 0.25) is 0 Å². The van der Waals surface area contributed by atoms with Gasteiger partial charge in [-0.1, -0.05) is 72.3 Å². The molecule has 0 spiro atoms. The lowest BCUT2D eigenvalue weighted by Crippen LogP contribution is -2.43. The maximum Gasteiger partial charge on any atom is 0.343 e. The predicted octanol–water partition coefficient (Wildman–Crippen LogP) is 4.85. The highest BCUT2D eigenvalue weighted by Gasteiger charge is 2.39. The Hall–Kier alpha value is -4.86. The third kappa shape index (κ3) is 5.75. The van der Waals surface area contributed by atoms with E-state index < -0.39 is 22.4 Å². The van der Waals surface area contributed by atoms with Gasteiger partial charge in [0.15, 0.2) is 5.60 Å². The van der Waals surface area contributed by atoms with Crippen molar-refractivity contribution in [2.24, 2.45) is 5.10 Å². The maximum absolute atomic E-state index is 13.2. The Labute approximate surface area is 222 Å². The largest absolute Gasteiger partial charge is 0.422 e. The number of esters is 1. The lowest BCUT2D eigenvalue weighted by Gasteiger charge is -2.27. The number of aliphatic hydroxyl groups is 1. The minimum absolute atomic E-state index is 0.0807. The van der Waals surface area contributed by atoms with Gasteiger partial charge in [-0.15, -0.1) is 0 Å². The van der Waals surface area contributed by atoms with Crippen LogP contribution < -0.4 is 10.2 Å². The first kappa shape index (κ1) is 26.2. The second kappa shape index (κ2) is 11.5. The molecular weight excluding hydrogens is 510 g/mol. The molecule has 0 heterocycles. The zero-order chi connectivity index (χ0) is 27.1. The van der Waals surface area contributed by atoms with E-state index in [1.807, 2.05) is 0 Å². The molecule has 38 heavy (non-hydrogen) atoms. The molecule has 4 aromatic carbocycles. The molecule has 10 heteroatoms. The van der Waals surface area contributed by atoms with Crippen molar-refractivity contribution in [2.45, 2.75) is 5.60 Å². The van der Waals surface area contributed by atoms with Crippen LogP contribution >= 0.6 is 11.6 Å². The number of carbonyl (C=O) groups is 2. The molecule has 0 bridgehead atoms. The zero-order valence-electron chi connectivity index (χ0n) is 19.7. The molecule has 1 amide bonds. The molecule has 0 fully saturated rings. The van der Waals surface area contributed by atoms with E-state index in [0.29, 0.717) is 16.1 Å². The number of carbonyl (C=O) groups excluding carboxylic acids is 2. The van der Waals surface area contributed by atoms with Gasteiger partial charge < -0.3 is 9.84 Å². The van der Waals surface area contributed by atoms with Gasteiger partial charge in [-0.2, -0.15) is 5.10 Å². The van der Waals surface area contributed by atoms with Crippen LogP contribution in [-0.2, 0) is 10.4 Å². The molecule has 0 aliphatic heterocycles. The Morgan fingerprint density at radius 1 is 0.921 bits per heavy atom. The number of benzene rings is 4. The van der Waals surface area contributed by atoms with Crippen LogP contribution in [0.4, 0.5) is 5.69 Å². The summed E-state index contributed by atoms with van der Waals surface area (Å²) in [7, 11) is 0. The molecule has 9 nitrogen and oxygen atoms in total. The number of non-ortho nitro benzene ring substituents is 1. The fourth-order valence-corrected chi connectivity index (χ4v) is 3.80. The van der Waals surface area contributed by atoms with E-state index in [-0.39, 0.29) is 22.6 Å². The third-order valence-corrected chi connectivity index (χ3v) is 5.80. The minimum Gasteiger partial charge on any atom is -0.422 e. The van der Waals surface area contributed by atoms with Gasteiger partial charge >= 0.3 is 5.97 Å². The van der Waals surface area contributed by atoms with E-state index in [1.54, 1.807) is 60.7 Å². The predicted molar refractivity (Wildman–Crippen MR) is 141 cm³/mol. The molecule has 0 saturated heterocycles. The number of nitrogens with zero attached hydrogens (tertiary/aromatic N) is 2. The summed E-state index contributed by atoms with van der Waals surface area (Å²) in [6.07, 6.45) is 1.22. The molecule has 0 radical (unpaired) electrons. The van der Waals surface area contributed by atoms with Crippen LogP contribution in [0.5, 0.6) is 5.75 Å². The van der Waals surface area contributed by atoms with E-state index in [1.165, 1.54) is 48.7 Å². The Kier molecular flexibility index (Phi) is 7.91. The number of amides is 1. The highest BCUT2D eigenvalue weighted by Crippen LogP contribution is 2.30. The highest BCUT2D eigenvalue weighted by atomic mass is 35.5. The van der Waals surface area contributed by atoms with Gasteiger partial charge in [-0.25, -0.2) is 10.2 Å². The summed E-state index contributed by atoms with van der Waals surface area (Å²) in [5, 5.41) is 26.6. The average molecular weight is 530 g/mol. The van der Waals surface area contributed by atoms with Crippen molar-refractivity contribution in [2.75, 3.05) is 0 Å². The minimum atomic E-state index is -2.03. The molecule has 2 N–H and O–H groups in total. The maximum atomic E-state index is 13.2. The van der Waals surface area contributed by atoms with E-state index in [4.69, 9.17) is 16.3 Å². The second-order valence-electron chi connectivity index (χ2n) is 8.02. The van der Waals surface area contributed by atoms with Crippen molar-refractivity contribution in [3.05, 3.63) is 141 Å². The first-order valence-corrected chi connectivity index (χ1v) is 11.6. The van der Waals surface area contributed by atoms with Crippen LogP contribution in [0.25, 0.3) is 0 Å². The Morgan fingerprint density at radius 3 is 2.05 bits per heavy atom. The van der Waals surface area contributed by atoms with Crippen molar-refractivity contribution in [3.63, 3.8) is 0 Å². The zero-order valence-corrected chi connectivity index (χ0v) is 20.4. The van der Waals surface area contributed by atoms with E-state index in [0.717, 1.165) is 0 Å². The lowest BCUT2D eigenvalue weighted by molar-refractivity contribution is -0.384. The number of hydrogen-bond donors (Lipinski definition) is 2. The second-order valence-corrected chi connectivity index (χ2v) is 8.45. The summed E-state index contributed by atoms with van der Waals surface area (Å²) in [6, 6.07) is 26.2. The molecule has 0 aliphatic carbocycles. The van der Waals surface area contributed by atoms with Crippen LogP contribution in [-0.4, -0.2) is 28.1 Å². The van der Waals surface area contributed by atoms with Crippen LogP contribution in [0.3, 0.4) is 0 Å². The number of rotatable bonds is 8. The number of hydrazone groups is 1. The molecule has 0 aromatic heterocycles. The fraction of sp³-hybridized carbons (Fsp3) is 0.0357. The number of hydrogen-bond acceptors (Lipinski definition) is 7. The highest BCUT2D eigenvalue weighted by molar-refractivity contribution is 6.31. The van der Waals surface area contributed by atoms with Gasteiger partial charge in [0, 0.05) is 22.7 Å². The normalized spacial score (nSPS) is 11.2. The van der Waals surface area contributed by atoms with Crippen molar-refractivity contribution < 1.29 is 24.4 Å². The van der Waals surface area contributed by atoms with Gasteiger partial charge in [-0.05, 0) is 41.5 Å². The molecule has 0 atom stereocenters. The summed E-state index contributed by atoms with van der Waals surface area (Å²) in [6.45, 7) is 0. The lowest BCUT2D eigenvalue weighted by atomic mass is 9.85. The van der Waals surface area contributed by atoms with Gasteiger partial charge in [0.25, 0.3) is 11.6 Å². The standard InChI is InChI=1S/C28H20ClN3O6/c29-23-13-16-25(38-26(33)19-11-14-24(15-12-19)32(36)37)20(17-23)18-30-31-27(34)28(35,21-7-3-1-4-8-21)22-9-5-2-6-10-22/h1-18,35H,(H,31,34)/b30-18+. The Bertz CT molecular complexity index is 1450. The monoisotopic (exact) mass is 529 g/mol. The van der Waals surface area contributed by atoms with Crippen LogP contribution in [0.2, 0.25) is 5.02 Å². The van der Waals surface area contributed by atoms with Crippen LogP contribution in [0.1, 0.15) is 27.0 Å². The topological polar surface area (TPSA) is 131 Å². The number of nitrogens with one attached hydrogen (secondary N) is 1. The first-order valence-electron chi connectivity index (χ1n) is 11.2. The molecule has 0 saturated carbocycles. The van der Waals surface area contributed by atoms with Crippen molar-refractivity contribution >= 4 is 35.4 Å². The molecule has 4 aromatic rings. The number of nitro benzene ring substituents is 1. The summed E-state index contributed by atoms with van der Waals surface area (Å²) in [5.41, 5.74) is 1.21. The Morgan fingerprint density at radius 2 is 1.50 bits per heavy atom. The van der Waals surface area contributed by atoms with Crippen molar-refractivity contribution in [1.82, 2.24) is 5.43 Å². The van der Waals surface area contributed by atoms with Crippen molar-refractivity contribution in [3.8, 4) is 5.75 Å². The summed E-state index contributed by atoms with van der Waals surface area (Å²) < 4.78 is 5.43. The molecule has 4 rings (SSSR count). The van der Waals surface area contributed by atoms with E-state index in [2.05, 4.69) is 10.5 Å². The third-order valence-electron chi connectivity index (χ3n) is 5.57. The number of ether oxygens (including phenoxy) is 1. The van der Waals surface area contributed by atoms with Crippen LogP contribution in [0.15, 0.2) is 108 Å². The molecular formula is C28H20ClN3O6. The van der Waals surface area contributed by atoms with E-state index >= 15 is 0 Å². The summed E-state index contributed by atoms with van der Waals surface area (Å²) in [5.74, 6) is -1.49. The molecule has 0 aliphatic rings. The summed E-state index contributed by atoms with van der Waals surface area (Å²) in [4.78, 5) is 36.1. The average Bonchev–Trinajstić information content (AvgIpc) is 2.94. The molecule has 190 valence electrons. The van der Waals surface area contributed by atoms with Crippen molar-refractivity contribution in [1.29, 1.82) is 0 Å². The van der Waals surface area contributed by atoms with E-state index in [9.17, 15) is 24.8 Å². The van der Waals surface area contributed by atoms with Gasteiger partial charge in [-0.3, -0.25) is 14.9 Å². The number of nitro groups is 1. The molecule has 0 unspecified atom stereocenters.